The first-order valence-corrected chi connectivity index (χ1v) is 3.40. The number of hydrogen-bond donors (Lipinski definition) is 0. The maximum absolute atomic E-state index is 2.12. The van der Waals surface area contributed by atoms with E-state index in [9.17, 15) is 0 Å². The molecule has 2 aromatic rings. The van der Waals surface area contributed by atoms with Gasteiger partial charge in [0.1, 0.15) is 0 Å². The van der Waals surface area contributed by atoms with Crippen molar-refractivity contribution in [2.75, 3.05) is 0 Å². The van der Waals surface area contributed by atoms with Crippen LogP contribution in [0.1, 0.15) is 0 Å². The van der Waals surface area contributed by atoms with Gasteiger partial charge in [0.2, 0.25) is 0 Å². The molecule has 12 heavy (non-hydrogen) atoms. The minimum Gasteiger partial charge on any atom is -0.412 e. The molecule has 0 aliphatic carbocycles. The summed E-state index contributed by atoms with van der Waals surface area (Å²) in [6.07, 6.45) is 0. The zero-order chi connectivity index (χ0) is 6.81. The Kier molecular flexibility index (Phi) is 4.59. The number of fused-ring (bicyclic) bond motifs is 1. The summed E-state index contributed by atoms with van der Waals surface area (Å²) in [5.74, 6) is 0. The molecular formula is C10H10CoO. The smallest absolute Gasteiger partial charge is 0 e. The van der Waals surface area contributed by atoms with Gasteiger partial charge in [-0.1, -0.05) is 48.5 Å². The summed E-state index contributed by atoms with van der Waals surface area (Å²) in [5, 5.41) is 2.62. The number of hydrogen-bond acceptors (Lipinski definition) is 0. The van der Waals surface area contributed by atoms with Crippen LogP contribution in [0.25, 0.3) is 10.8 Å². The van der Waals surface area contributed by atoms with Crippen LogP contribution in [0, 0.1) is 0 Å². The second-order valence-electron chi connectivity index (χ2n) is 2.35. The largest absolute Gasteiger partial charge is 0.412 e. The first-order chi connectivity index (χ1) is 4.97. The van der Waals surface area contributed by atoms with Crippen LogP contribution in [0.3, 0.4) is 0 Å². The van der Waals surface area contributed by atoms with Crippen LogP contribution >= 0.6 is 0 Å². The van der Waals surface area contributed by atoms with Gasteiger partial charge >= 0.3 is 0 Å². The zero-order valence-electron chi connectivity index (χ0n) is 6.45. The van der Waals surface area contributed by atoms with Crippen LogP contribution in [-0.4, -0.2) is 5.48 Å². The fourth-order valence-corrected chi connectivity index (χ4v) is 1.13. The topological polar surface area (TPSA) is 31.5 Å². The Morgan fingerprint density at radius 3 is 1.08 bits per heavy atom. The maximum atomic E-state index is 2.12. The second kappa shape index (κ2) is 4.93. The minimum absolute atomic E-state index is 0. The third-order valence-corrected chi connectivity index (χ3v) is 1.66. The molecule has 0 saturated heterocycles. The van der Waals surface area contributed by atoms with E-state index in [1.54, 1.807) is 0 Å². The molecule has 0 aliphatic heterocycles. The molecule has 0 atom stereocenters. The molecular weight excluding hydrogens is 195 g/mol. The fourth-order valence-electron chi connectivity index (χ4n) is 1.13. The van der Waals surface area contributed by atoms with Crippen LogP contribution in [-0.2, 0) is 16.8 Å². The molecule has 2 heteroatoms. The van der Waals surface area contributed by atoms with Crippen molar-refractivity contribution in [3.8, 4) is 0 Å². The molecule has 65 valence electrons. The number of benzene rings is 2. The first-order valence-electron chi connectivity index (χ1n) is 3.40. The fraction of sp³-hybridized carbons (Fsp3) is 0. The van der Waals surface area contributed by atoms with Gasteiger partial charge in [-0.05, 0) is 10.8 Å². The van der Waals surface area contributed by atoms with Gasteiger partial charge in [0.25, 0.3) is 0 Å². The van der Waals surface area contributed by atoms with Crippen molar-refractivity contribution in [1.29, 1.82) is 0 Å². The standard InChI is InChI=1S/C10H8.Co.H2O/c1-2-6-10-8-4-3-7-9(10)5-1;;/h1-8H;;1H2. The molecule has 1 radical (unpaired) electrons. The molecule has 0 saturated carbocycles. The van der Waals surface area contributed by atoms with Gasteiger partial charge in [-0.25, -0.2) is 0 Å². The Labute approximate surface area is 81.9 Å². The maximum Gasteiger partial charge on any atom is 0 e. The van der Waals surface area contributed by atoms with Gasteiger partial charge < -0.3 is 5.48 Å². The van der Waals surface area contributed by atoms with Crippen molar-refractivity contribution >= 4 is 10.8 Å². The van der Waals surface area contributed by atoms with Crippen molar-refractivity contribution in [2.24, 2.45) is 0 Å². The van der Waals surface area contributed by atoms with E-state index in [0.29, 0.717) is 0 Å². The second-order valence-corrected chi connectivity index (χ2v) is 2.35. The van der Waals surface area contributed by atoms with Crippen molar-refractivity contribution in [2.45, 2.75) is 0 Å². The third kappa shape index (κ3) is 2.07. The molecule has 0 aliphatic rings. The third-order valence-electron chi connectivity index (χ3n) is 1.66. The predicted octanol–water partition coefficient (Wildman–Crippen LogP) is 2.01. The summed E-state index contributed by atoms with van der Waals surface area (Å²) >= 11 is 0. The van der Waals surface area contributed by atoms with Crippen molar-refractivity contribution in [1.82, 2.24) is 0 Å². The quantitative estimate of drug-likeness (QED) is 0.630. The molecule has 1 nitrogen and oxygen atoms in total. The van der Waals surface area contributed by atoms with Crippen molar-refractivity contribution in [3.05, 3.63) is 48.5 Å². The van der Waals surface area contributed by atoms with Gasteiger partial charge in [-0.3, -0.25) is 0 Å². The molecule has 0 bridgehead atoms. The van der Waals surface area contributed by atoms with Gasteiger partial charge in [-0.15, -0.1) is 0 Å². The number of rotatable bonds is 0. The van der Waals surface area contributed by atoms with E-state index in [-0.39, 0.29) is 22.3 Å². The molecule has 0 unspecified atom stereocenters. The van der Waals surface area contributed by atoms with Crippen LogP contribution in [0.5, 0.6) is 0 Å². The van der Waals surface area contributed by atoms with E-state index in [4.69, 9.17) is 0 Å². The molecule has 2 N–H and O–H groups in total. The van der Waals surface area contributed by atoms with Gasteiger partial charge in [0.15, 0.2) is 0 Å². The summed E-state index contributed by atoms with van der Waals surface area (Å²) in [7, 11) is 0. The van der Waals surface area contributed by atoms with E-state index >= 15 is 0 Å². The molecule has 0 fully saturated rings. The van der Waals surface area contributed by atoms with Crippen LogP contribution in [0.2, 0.25) is 0 Å². The van der Waals surface area contributed by atoms with Crippen LogP contribution in [0.15, 0.2) is 48.5 Å². The summed E-state index contributed by atoms with van der Waals surface area (Å²) in [5.41, 5.74) is 0. The summed E-state index contributed by atoms with van der Waals surface area (Å²) in [4.78, 5) is 0. The van der Waals surface area contributed by atoms with E-state index in [0.717, 1.165) is 0 Å². The van der Waals surface area contributed by atoms with E-state index in [1.807, 2.05) is 0 Å². The first kappa shape index (κ1) is 11.2. The Hall–Kier alpha value is -0.834. The average molecular weight is 205 g/mol. The molecule has 2 rings (SSSR count). The summed E-state index contributed by atoms with van der Waals surface area (Å²) < 4.78 is 0. The molecule has 0 spiro atoms. The van der Waals surface area contributed by atoms with E-state index < -0.39 is 0 Å². The summed E-state index contributed by atoms with van der Waals surface area (Å²) in [6.45, 7) is 0. The van der Waals surface area contributed by atoms with E-state index in [1.165, 1.54) is 10.8 Å². The van der Waals surface area contributed by atoms with Crippen LogP contribution < -0.4 is 0 Å². The van der Waals surface area contributed by atoms with E-state index in [2.05, 4.69) is 48.5 Å². The Morgan fingerprint density at radius 2 is 0.833 bits per heavy atom. The monoisotopic (exact) mass is 205 g/mol. The zero-order valence-corrected chi connectivity index (χ0v) is 7.49. The molecule has 0 amide bonds. The Bertz CT molecular complexity index is 281. The van der Waals surface area contributed by atoms with Crippen molar-refractivity contribution < 1.29 is 22.3 Å². The predicted molar refractivity (Wildman–Crippen MR) is 47.6 cm³/mol. The van der Waals surface area contributed by atoms with Crippen LogP contribution in [0.4, 0.5) is 0 Å². The van der Waals surface area contributed by atoms with Crippen molar-refractivity contribution in [3.63, 3.8) is 0 Å². The average Bonchev–Trinajstić information content (AvgIpc) is 2.05. The SMILES string of the molecule is O.[Co].c1ccc2ccccc2c1. The van der Waals surface area contributed by atoms with Gasteiger partial charge in [-0.2, -0.15) is 0 Å². The Balaban J connectivity index is 0.000000605. The minimum atomic E-state index is 0. The molecule has 0 aromatic heterocycles. The molecule has 0 heterocycles. The van der Waals surface area contributed by atoms with Gasteiger partial charge in [0, 0.05) is 16.8 Å². The normalized spacial score (nSPS) is 8.33. The summed E-state index contributed by atoms with van der Waals surface area (Å²) in [6, 6.07) is 16.7. The Morgan fingerprint density at radius 1 is 0.583 bits per heavy atom. The molecule has 2 aromatic carbocycles. The van der Waals surface area contributed by atoms with Gasteiger partial charge in [0.05, 0.1) is 0 Å².